The van der Waals surface area contributed by atoms with Crippen molar-refractivity contribution in [2.45, 2.75) is 59.0 Å². The average Bonchev–Trinajstić information content (AvgIpc) is 3.45. The van der Waals surface area contributed by atoms with Crippen LogP contribution in [0.5, 0.6) is 0 Å². The molecule has 3 fully saturated rings. The largest absolute Gasteiger partial charge is 0.299 e. The van der Waals surface area contributed by atoms with Crippen molar-refractivity contribution in [1.29, 1.82) is 0 Å². The number of piperazine rings is 1. The molecule has 3 heterocycles. The van der Waals surface area contributed by atoms with Crippen molar-refractivity contribution in [1.82, 2.24) is 9.80 Å². The van der Waals surface area contributed by atoms with Crippen LogP contribution in [0, 0.1) is 0 Å². The molecule has 2 aliphatic carbocycles. The number of carbonyl (C=O) groups is 6. The monoisotopic (exact) mass is 546 g/mol. The highest BCUT2D eigenvalue weighted by Crippen LogP contribution is 2.64. The molecule has 5 aliphatic rings. The van der Waals surface area contributed by atoms with Gasteiger partial charge in [0.05, 0.1) is 0 Å². The van der Waals surface area contributed by atoms with Crippen LogP contribution < -0.4 is 0 Å². The highest BCUT2D eigenvalue weighted by atomic mass is 32.2. The smallest absolute Gasteiger partial charge is 0.249 e. The van der Waals surface area contributed by atoms with Gasteiger partial charge in [0.1, 0.15) is 12.1 Å². The molecule has 2 aromatic carbocycles. The third kappa shape index (κ3) is 2.34. The molecule has 0 saturated carbocycles. The summed E-state index contributed by atoms with van der Waals surface area (Å²) in [5.41, 5.74) is 0.879. The first-order valence-corrected chi connectivity index (χ1v) is 13.9. The number of ketones is 4. The van der Waals surface area contributed by atoms with Gasteiger partial charge in [-0.25, -0.2) is 0 Å². The van der Waals surface area contributed by atoms with Gasteiger partial charge in [-0.1, -0.05) is 48.5 Å². The Morgan fingerprint density at radius 2 is 0.789 bits per heavy atom. The first kappa shape index (κ1) is 23.8. The Morgan fingerprint density at radius 1 is 0.526 bits per heavy atom. The van der Waals surface area contributed by atoms with E-state index >= 15 is 0 Å². The molecule has 7 rings (SSSR count). The van der Waals surface area contributed by atoms with Gasteiger partial charge in [-0.05, 0) is 27.7 Å². The molecular weight excluding hydrogens is 524 g/mol. The summed E-state index contributed by atoms with van der Waals surface area (Å²) in [6, 6.07) is 10.4. The highest BCUT2D eigenvalue weighted by Gasteiger charge is 2.79. The Hall–Kier alpha value is -3.24. The van der Waals surface area contributed by atoms with Crippen LogP contribution in [-0.4, -0.2) is 76.1 Å². The minimum Gasteiger partial charge on any atom is -0.299 e. The van der Waals surface area contributed by atoms with Crippen LogP contribution in [0.1, 0.15) is 69.1 Å². The quantitative estimate of drug-likeness (QED) is 0.464. The van der Waals surface area contributed by atoms with Gasteiger partial charge < -0.3 is 0 Å². The Bertz CT molecular complexity index is 1410. The summed E-state index contributed by atoms with van der Waals surface area (Å²) in [4.78, 5) is 83.3. The van der Waals surface area contributed by atoms with E-state index in [2.05, 4.69) is 0 Å². The van der Waals surface area contributed by atoms with Crippen LogP contribution in [0.3, 0.4) is 0 Å². The number of carbonyl (C=O) groups excluding carboxylic acids is 6. The van der Waals surface area contributed by atoms with Gasteiger partial charge in [0.2, 0.25) is 44.7 Å². The Balaban J connectivity index is 1.44. The lowest BCUT2D eigenvalue weighted by Crippen LogP contribution is -2.74. The van der Waals surface area contributed by atoms with Crippen molar-refractivity contribution in [3.8, 4) is 0 Å². The standard InChI is InChI=1S/C28H22N2O6S2/c1-25(2)17-23(35)30-18(26(3,4)38-28(30)21(33)15-11-7-8-12-16(15)22(28)34)24(36)29(17)27(37-25)19(31)13-9-5-6-10-14(13)20(27)32/h5-12,17-18H,1-4H3/t17-,18-/m1/s1. The molecular formula is C28H22N2O6S2. The van der Waals surface area contributed by atoms with Crippen molar-refractivity contribution >= 4 is 58.5 Å². The molecule has 2 aromatic rings. The van der Waals surface area contributed by atoms with Gasteiger partial charge in [0, 0.05) is 31.7 Å². The number of hydrogen-bond donors (Lipinski definition) is 0. The minimum atomic E-state index is -1.92. The normalized spacial score (nSPS) is 28.8. The van der Waals surface area contributed by atoms with E-state index < -0.39 is 66.3 Å². The fraction of sp³-hybridized carbons (Fsp3) is 0.357. The van der Waals surface area contributed by atoms with Crippen molar-refractivity contribution < 1.29 is 28.8 Å². The first-order chi connectivity index (χ1) is 17.8. The molecule has 10 heteroatoms. The molecule has 0 N–H and O–H groups in total. The van der Waals surface area contributed by atoms with Crippen molar-refractivity contribution in [2.24, 2.45) is 0 Å². The first-order valence-electron chi connectivity index (χ1n) is 12.3. The van der Waals surface area contributed by atoms with E-state index in [1.54, 1.807) is 76.2 Å². The number of Topliss-reactive ketones (excluding diaryl/α,β-unsaturated/α-hetero) is 4. The topological polar surface area (TPSA) is 109 Å². The number of thioether (sulfide) groups is 2. The van der Waals surface area contributed by atoms with Crippen LogP contribution >= 0.6 is 23.5 Å². The van der Waals surface area contributed by atoms with Crippen LogP contribution in [-0.2, 0) is 9.59 Å². The van der Waals surface area contributed by atoms with Crippen LogP contribution in [0.25, 0.3) is 0 Å². The molecule has 3 saturated heterocycles. The highest BCUT2D eigenvalue weighted by molar-refractivity contribution is 8.04. The minimum absolute atomic E-state index is 0.220. The number of hydrogen-bond acceptors (Lipinski definition) is 8. The van der Waals surface area contributed by atoms with Crippen molar-refractivity contribution in [3.05, 3.63) is 70.8 Å². The molecule has 0 unspecified atom stereocenters. The van der Waals surface area contributed by atoms with E-state index in [9.17, 15) is 28.8 Å². The molecule has 0 radical (unpaired) electrons. The summed E-state index contributed by atoms with van der Waals surface area (Å²) in [6.45, 7) is 6.86. The lowest BCUT2D eigenvalue weighted by Gasteiger charge is -2.48. The van der Waals surface area contributed by atoms with E-state index in [0.717, 1.165) is 23.5 Å². The van der Waals surface area contributed by atoms with Gasteiger partial charge in [-0.2, -0.15) is 0 Å². The van der Waals surface area contributed by atoms with Crippen molar-refractivity contribution in [2.75, 3.05) is 0 Å². The van der Waals surface area contributed by atoms with E-state index in [0.29, 0.717) is 0 Å². The second-order valence-electron chi connectivity index (χ2n) is 11.3. The fourth-order valence-electron chi connectivity index (χ4n) is 6.92. The summed E-state index contributed by atoms with van der Waals surface area (Å²) in [7, 11) is 0. The molecule has 0 bridgehead atoms. The summed E-state index contributed by atoms with van der Waals surface area (Å²) < 4.78 is -2.14. The Kier molecular flexibility index (Phi) is 4.29. The lowest BCUT2D eigenvalue weighted by atomic mass is 9.86. The molecule has 3 aliphatic heterocycles. The third-order valence-corrected chi connectivity index (χ3v) is 11.6. The van der Waals surface area contributed by atoms with Crippen LogP contribution in [0.2, 0.25) is 0 Å². The van der Waals surface area contributed by atoms with Gasteiger partial charge in [0.15, 0.2) is 0 Å². The van der Waals surface area contributed by atoms with Gasteiger partial charge in [0.25, 0.3) is 0 Å². The number of amides is 2. The zero-order chi connectivity index (χ0) is 27.2. The molecule has 2 amide bonds. The van der Waals surface area contributed by atoms with Crippen LogP contribution in [0.15, 0.2) is 48.5 Å². The summed E-state index contributed by atoms with van der Waals surface area (Å²) in [6.07, 6.45) is 0. The Labute approximate surface area is 226 Å². The van der Waals surface area contributed by atoms with E-state index in [4.69, 9.17) is 0 Å². The third-order valence-electron chi connectivity index (χ3n) is 8.34. The number of rotatable bonds is 0. The maximum absolute atomic E-state index is 14.5. The molecule has 0 aromatic heterocycles. The average molecular weight is 547 g/mol. The number of nitrogens with zero attached hydrogens (tertiary/aromatic N) is 2. The molecule has 192 valence electrons. The SMILES string of the molecule is CC1(C)SC2(C(=O)c3ccccc3C2=O)N2C(=O)[C@H]3N(C(=O)[C@@H]21)C1(SC3(C)C)C(=O)c2ccccc2C1=O. The fourth-order valence-corrected chi connectivity index (χ4v) is 10.5. The van der Waals surface area contributed by atoms with E-state index in [1.807, 2.05) is 0 Å². The van der Waals surface area contributed by atoms with Crippen molar-refractivity contribution in [3.63, 3.8) is 0 Å². The predicted octanol–water partition coefficient (Wildman–Crippen LogP) is 3.00. The van der Waals surface area contributed by atoms with Gasteiger partial charge in [-0.3, -0.25) is 38.6 Å². The summed E-state index contributed by atoms with van der Waals surface area (Å²) in [5.74, 6) is -3.29. The number of benzene rings is 2. The summed E-state index contributed by atoms with van der Waals surface area (Å²) >= 11 is 2.01. The van der Waals surface area contributed by atoms with Gasteiger partial charge in [-0.15, -0.1) is 23.5 Å². The maximum Gasteiger partial charge on any atom is 0.249 e. The van der Waals surface area contributed by atoms with E-state index in [1.165, 1.54) is 9.80 Å². The Morgan fingerprint density at radius 3 is 1.05 bits per heavy atom. The second-order valence-corrected chi connectivity index (χ2v) is 15.0. The van der Waals surface area contributed by atoms with E-state index in [-0.39, 0.29) is 22.3 Å². The van der Waals surface area contributed by atoms with Crippen LogP contribution in [0.4, 0.5) is 0 Å². The molecule has 38 heavy (non-hydrogen) atoms. The molecule has 2 spiro atoms. The molecule has 2 atom stereocenters. The maximum atomic E-state index is 14.5. The molecule has 8 nitrogen and oxygen atoms in total. The second kappa shape index (κ2) is 6.84. The number of fused-ring (bicyclic) bond motifs is 6. The summed E-state index contributed by atoms with van der Waals surface area (Å²) in [5, 5.41) is 0. The zero-order valence-electron chi connectivity index (χ0n) is 20.9. The lowest BCUT2D eigenvalue weighted by molar-refractivity contribution is -0.164. The zero-order valence-corrected chi connectivity index (χ0v) is 22.6. The van der Waals surface area contributed by atoms with Gasteiger partial charge >= 0.3 is 0 Å². The predicted molar refractivity (Wildman–Crippen MR) is 140 cm³/mol.